The fourth-order valence-electron chi connectivity index (χ4n) is 1.18. The molecule has 0 spiro atoms. The summed E-state index contributed by atoms with van der Waals surface area (Å²) >= 11 is 0. The van der Waals surface area contributed by atoms with Gasteiger partial charge in [-0.1, -0.05) is 30.3 Å². The van der Waals surface area contributed by atoms with Crippen LogP contribution in [0.25, 0.3) is 0 Å². The van der Waals surface area contributed by atoms with Crippen molar-refractivity contribution in [3.05, 3.63) is 35.9 Å². The molecule has 0 aliphatic rings. The molecule has 0 heterocycles. The van der Waals surface area contributed by atoms with Crippen LogP contribution < -0.4 is 5.48 Å². The zero-order valence-electron chi connectivity index (χ0n) is 8.27. The largest absolute Gasteiger partial charge is 0.302 e. The average Bonchev–Trinajstić information content (AvgIpc) is 2.25. The summed E-state index contributed by atoms with van der Waals surface area (Å²) in [5, 5.41) is 0. The number of hydrogen-bond acceptors (Lipinski definition) is 3. The van der Waals surface area contributed by atoms with Crippen molar-refractivity contribution in [3.8, 4) is 0 Å². The Labute approximate surface area is 84.0 Å². The number of carbonyl (C=O) groups is 1. The molecule has 3 heteroatoms. The van der Waals surface area contributed by atoms with Crippen LogP contribution in [0.3, 0.4) is 0 Å². The van der Waals surface area contributed by atoms with Crippen LogP contribution in [0.5, 0.6) is 0 Å². The number of hydroxylamine groups is 1. The molecule has 0 aromatic heterocycles. The van der Waals surface area contributed by atoms with Crippen LogP contribution in [0.1, 0.15) is 12.5 Å². The number of nitrogens with one attached hydrogen (secondary N) is 1. The fourth-order valence-corrected chi connectivity index (χ4v) is 1.18. The van der Waals surface area contributed by atoms with E-state index >= 15 is 0 Å². The van der Waals surface area contributed by atoms with E-state index in [1.165, 1.54) is 0 Å². The number of hydrogen-bond donors (Lipinski definition) is 1. The molecule has 1 N–H and O–H groups in total. The highest BCUT2D eigenvalue weighted by atomic mass is 16.6. The molecule has 0 saturated heterocycles. The minimum atomic E-state index is -0.266. The Morgan fingerprint density at radius 1 is 1.43 bits per heavy atom. The van der Waals surface area contributed by atoms with Crippen LogP contribution in [0.15, 0.2) is 30.3 Å². The maximum absolute atomic E-state index is 10.7. The lowest BCUT2D eigenvalue weighted by Gasteiger charge is -2.11. The van der Waals surface area contributed by atoms with Crippen LogP contribution in [0.2, 0.25) is 0 Å². The highest BCUT2D eigenvalue weighted by Crippen LogP contribution is 2.01. The smallest absolute Gasteiger partial charge is 0.139 e. The zero-order valence-corrected chi connectivity index (χ0v) is 8.27. The summed E-state index contributed by atoms with van der Waals surface area (Å²) < 4.78 is 0. The molecule has 0 saturated carbocycles. The van der Waals surface area contributed by atoms with E-state index < -0.39 is 0 Å². The van der Waals surface area contributed by atoms with Gasteiger partial charge in [0.1, 0.15) is 6.29 Å². The monoisotopic (exact) mass is 193 g/mol. The van der Waals surface area contributed by atoms with Crippen molar-refractivity contribution >= 4 is 6.29 Å². The van der Waals surface area contributed by atoms with E-state index in [1.807, 2.05) is 37.3 Å². The van der Waals surface area contributed by atoms with Crippen LogP contribution in [-0.4, -0.2) is 18.9 Å². The van der Waals surface area contributed by atoms with Crippen LogP contribution >= 0.6 is 0 Å². The molecule has 0 amide bonds. The summed E-state index contributed by atoms with van der Waals surface area (Å²) in [4.78, 5) is 15.7. The molecule has 0 fully saturated rings. The zero-order chi connectivity index (χ0) is 10.2. The minimum absolute atomic E-state index is 0.266. The van der Waals surface area contributed by atoms with Gasteiger partial charge in [-0.05, 0) is 18.9 Å². The third-order valence-corrected chi connectivity index (χ3v) is 1.84. The van der Waals surface area contributed by atoms with E-state index in [4.69, 9.17) is 4.84 Å². The third kappa shape index (κ3) is 3.68. The topological polar surface area (TPSA) is 38.3 Å². The normalized spacial score (nSPS) is 12.4. The quantitative estimate of drug-likeness (QED) is 0.547. The second-order valence-electron chi connectivity index (χ2n) is 2.98. The van der Waals surface area contributed by atoms with Crippen LogP contribution in [-0.2, 0) is 16.1 Å². The Morgan fingerprint density at radius 2 is 2.14 bits per heavy atom. The Morgan fingerprint density at radius 3 is 2.71 bits per heavy atom. The number of benzene rings is 1. The second kappa shape index (κ2) is 6.29. The van der Waals surface area contributed by atoms with Crippen molar-refractivity contribution in [2.24, 2.45) is 0 Å². The van der Waals surface area contributed by atoms with Crippen molar-refractivity contribution < 1.29 is 9.63 Å². The first-order valence-electron chi connectivity index (χ1n) is 4.73. The lowest BCUT2D eigenvalue weighted by molar-refractivity contribution is -0.113. The first-order chi connectivity index (χ1) is 6.86. The first-order valence-corrected chi connectivity index (χ1v) is 4.73. The van der Waals surface area contributed by atoms with Gasteiger partial charge in [0.2, 0.25) is 0 Å². The van der Waals surface area contributed by atoms with Gasteiger partial charge in [0.25, 0.3) is 0 Å². The van der Waals surface area contributed by atoms with E-state index in [0.717, 1.165) is 11.8 Å². The van der Waals surface area contributed by atoms with Gasteiger partial charge >= 0.3 is 0 Å². The molecule has 1 aromatic carbocycles. The number of carbonyl (C=O) groups excluding carboxylic acids is 1. The molecule has 1 aromatic rings. The highest BCUT2D eigenvalue weighted by Gasteiger charge is 2.06. The van der Waals surface area contributed by atoms with Crippen molar-refractivity contribution in [2.45, 2.75) is 19.4 Å². The Kier molecular flexibility index (Phi) is 4.89. The molecule has 14 heavy (non-hydrogen) atoms. The summed E-state index contributed by atoms with van der Waals surface area (Å²) in [5.74, 6) is 0. The van der Waals surface area contributed by atoms with Crippen LogP contribution in [0.4, 0.5) is 0 Å². The van der Waals surface area contributed by atoms with Gasteiger partial charge in [-0.3, -0.25) is 0 Å². The molecule has 1 rings (SSSR count). The average molecular weight is 193 g/mol. The Bertz CT molecular complexity index is 261. The van der Waals surface area contributed by atoms with Gasteiger partial charge in [0, 0.05) is 0 Å². The lowest BCUT2D eigenvalue weighted by Crippen LogP contribution is -2.32. The highest BCUT2D eigenvalue weighted by molar-refractivity contribution is 5.58. The van der Waals surface area contributed by atoms with Gasteiger partial charge in [-0.2, -0.15) is 5.48 Å². The van der Waals surface area contributed by atoms with Gasteiger partial charge in [0.05, 0.1) is 12.6 Å². The van der Waals surface area contributed by atoms with E-state index in [0.29, 0.717) is 13.0 Å². The summed E-state index contributed by atoms with van der Waals surface area (Å²) in [5.41, 5.74) is 3.82. The maximum Gasteiger partial charge on any atom is 0.139 e. The summed E-state index contributed by atoms with van der Waals surface area (Å²) in [7, 11) is 0. The molecule has 0 bridgehead atoms. The molecule has 0 aliphatic carbocycles. The summed E-state index contributed by atoms with van der Waals surface area (Å²) in [6, 6.07) is 9.58. The van der Waals surface area contributed by atoms with E-state index in [9.17, 15) is 4.79 Å². The van der Waals surface area contributed by atoms with E-state index in [2.05, 4.69) is 5.48 Å². The fraction of sp³-hybridized carbons (Fsp3) is 0.364. The molecule has 0 aliphatic heterocycles. The Hall–Kier alpha value is -1.19. The predicted octanol–water partition coefficient (Wildman–Crippen LogP) is 1.34. The van der Waals surface area contributed by atoms with Crippen molar-refractivity contribution in [1.82, 2.24) is 5.48 Å². The number of rotatable bonds is 6. The van der Waals surface area contributed by atoms with E-state index in [-0.39, 0.29) is 6.04 Å². The Balaban J connectivity index is 2.44. The van der Waals surface area contributed by atoms with Gasteiger partial charge in [0.15, 0.2) is 0 Å². The van der Waals surface area contributed by atoms with Crippen LogP contribution in [0, 0.1) is 0 Å². The standard InChI is InChI=1S/C11H15NO2/c1-2-14-12-11(9-13)8-10-6-4-3-5-7-10/h3-7,9,11-12H,2,8H2,1H3. The summed E-state index contributed by atoms with van der Waals surface area (Å²) in [6.07, 6.45) is 1.52. The second-order valence-corrected chi connectivity index (χ2v) is 2.98. The predicted molar refractivity (Wildman–Crippen MR) is 54.8 cm³/mol. The van der Waals surface area contributed by atoms with E-state index in [1.54, 1.807) is 0 Å². The molecule has 1 atom stereocenters. The van der Waals surface area contributed by atoms with Gasteiger partial charge < -0.3 is 9.63 Å². The first kappa shape index (κ1) is 10.9. The molecule has 3 nitrogen and oxygen atoms in total. The minimum Gasteiger partial charge on any atom is -0.302 e. The molecular weight excluding hydrogens is 178 g/mol. The SMILES string of the molecule is CCONC(C=O)Cc1ccccc1. The van der Waals surface area contributed by atoms with Crippen molar-refractivity contribution in [2.75, 3.05) is 6.61 Å². The molecule has 76 valence electrons. The van der Waals surface area contributed by atoms with Gasteiger partial charge in [-0.25, -0.2) is 0 Å². The van der Waals surface area contributed by atoms with Gasteiger partial charge in [-0.15, -0.1) is 0 Å². The molecule has 1 unspecified atom stereocenters. The third-order valence-electron chi connectivity index (χ3n) is 1.84. The summed E-state index contributed by atoms with van der Waals surface area (Å²) in [6.45, 7) is 2.43. The number of aldehydes is 1. The molecular formula is C11H15NO2. The van der Waals surface area contributed by atoms with Crippen molar-refractivity contribution in [3.63, 3.8) is 0 Å². The molecule has 0 radical (unpaired) electrons. The van der Waals surface area contributed by atoms with Crippen molar-refractivity contribution in [1.29, 1.82) is 0 Å². The maximum atomic E-state index is 10.7. The lowest BCUT2D eigenvalue weighted by atomic mass is 10.1.